The van der Waals surface area contributed by atoms with Crippen molar-refractivity contribution in [2.45, 2.75) is 187 Å². The van der Waals surface area contributed by atoms with E-state index in [2.05, 4.69) is 86.8 Å². The van der Waals surface area contributed by atoms with E-state index in [1.165, 1.54) is 77.0 Å². The Morgan fingerprint density at radius 3 is 1.48 bits per heavy atom. The fraction of sp³-hybridized carbons (Fsp3) is 0.723. The molecule has 0 bridgehead atoms. The van der Waals surface area contributed by atoms with Gasteiger partial charge in [0.2, 0.25) is 0 Å². The van der Waals surface area contributed by atoms with Gasteiger partial charge in [0.05, 0.1) is 19.8 Å². The van der Waals surface area contributed by atoms with Crippen LogP contribution in [0.3, 0.4) is 0 Å². The van der Waals surface area contributed by atoms with Crippen molar-refractivity contribution in [2.24, 2.45) is 5.73 Å². The molecule has 0 amide bonds. The summed E-state index contributed by atoms with van der Waals surface area (Å²) in [4.78, 5) is 22.5. The summed E-state index contributed by atoms with van der Waals surface area (Å²) in [7, 11) is -4.29. The van der Waals surface area contributed by atoms with Gasteiger partial charge in [-0.2, -0.15) is 0 Å². The highest BCUT2D eigenvalue weighted by atomic mass is 31.2. The average Bonchev–Trinajstić information content (AvgIpc) is 3.19. The number of esters is 1. The molecule has 2 unspecified atom stereocenters. The van der Waals surface area contributed by atoms with Crippen molar-refractivity contribution in [2.75, 3.05) is 33.0 Å². The lowest BCUT2D eigenvalue weighted by atomic mass is 10.0. The molecule has 324 valence electrons. The van der Waals surface area contributed by atoms with Crippen LogP contribution in [-0.2, 0) is 27.9 Å². The summed E-state index contributed by atoms with van der Waals surface area (Å²) in [5, 5.41) is 0. The Bertz CT molecular complexity index is 1080. The molecule has 0 aliphatic rings. The largest absolute Gasteiger partial charge is 0.472 e. The Kier molecular flexibility index (Phi) is 42.4. The summed E-state index contributed by atoms with van der Waals surface area (Å²) in [5.41, 5.74) is 5.37. The molecule has 0 radical (unpaired) electrons. The first-order chi connectivity index (χ1) is 27.4. The van der Waals surface area contributed by atoms with Gasteiger partial charge in [0, 0.05) is 19.6 Å². The lowest BCUT2D eigenvalue weighted by Gasteiger charge is -2.20. The predicted octanol–water partition coefficient (Wildman–Crippen LogP) is 13.5. The van der Waals surface area contributed by atoms with Gasteiger partial charge in [-0.25, -0.2) is 4.57 Å². The van der Waals surface area contributed by atoms with Crippen LogP contribution in [0.1, 0.15) is 181 Å². The lowest BCUT2D eigenvalue weighted by Crippen LogP contribution is -2.28. The maximum atomic E-state index is 12.6. The smallest absolute Gasteiger partial charge is 0.457 e. The zero-order valence-electron chi connectivity index (χ0n) is 35.8. The van der Waals surface area contributed by atoms with Crippen LogP contribution < -0.4 is 5.73 Å². The topological polar surface area (TPSA) is 117 Å². The fourth-order valence-electron chi connectivity index (χ4n) is 5.88. The second-order valence-corrected chi connectivity index (χ2v) is 16.0. The molecule has 0 aromatic carbocycles. The Balaban J connectivity index is 4.10. The van der Waals surface area contributed by atoms with Crippen LogP contribution in [0.25, 0.3) is 0 Å². The fourth-order valence-corrected chi connectivity index (χ4v) is 6.65. The summed E-state index contributed by atoms with van der Waals surface area (Å²) in [6.45, 7) is 4.72. The van der Waals surface area contributed by atoms with Crippen molar-refractivity contribution in [3.8, 4) is 0 Å². The molecule has 0 aromatic heterocycles. The molecular formula is C47H84NO7P. The number of unbranched alkanes of at least 4 members (excludes halogenated alkanes) is 17. The minimum absolute atomic E-state index is 0.0919. The van der Waals surface area contributed by atoms with Gasteiger partial charge in [-0.1, -0.05) is 183 Å². The minimum Gasteiger partial charge on any atom is -0.457 e. The first-order valence-corrected chi connectivity index (χ1v) is 23.9. The summed E-state index contributed by atoms with van der Waals surface area (Å²) in [5.74, 6) is -0.344. The van der Waals surface area contributed by atoms with E-state index in [4.69, 9.17) is 24.3 Å². The molecule has 8 nitrogen and oxygen atoms in total. The van der Waals surface area contributed by atoms with Crippen LogP contribution in [0.4, 0.5) is 0 Å². The van der Waals surface area contributed by atoms with Crippen molar-refractivity contribution in [1.29, 1.82) is 0 Å². The number of carbonyl (C=O) groups is 1. The van der Waals surface area contributed by atoms with E-state index in [1.54, 1.807) is 0 Å². The number of ether oxygens (including phenoxy) is 2. The number of phosphoric acid groups is 1. The normalized spacial score (nSPS) is 14.1. The number of rotatable bonds is 42. The predicted molar refractivity (Wildman–Crippen MR) is 238 cm³/mol. The molecule has 0 aliphatic heterocycles. The molecule has 0 aliphatic carbocycles. The molecular weight excluding hydrogens is 721 g/mol. The average molecular weight is 806 g/mol. The SMILES string of the molecule is CC/C=C\C/C=C\C/C=C\C/C=C\C/C=C\C/C=C\CCCCCOCC(COP(=O)(O)OCCN)OC(=O)CCCCCCCCCCCCCCCCC. The molecule has 9 heteroatoms. The number of nitrogens with two attached hydrogens (primary N) is 1. The van der Waals surface area contributed by atoms with Gasteiger partial charge in [-0.3, -0.25) is 13.8 Å². The van der Waals surface area contributed by atoms with Crippen LogP contribution in [0.2, 0.25) is 0 Å². The van der Waals surface area contributed by atoms with Gasteiger partial charge in [0.1, 0.15) is 6.10 Å². The Labute approximate surface area is 344 Å². The van der Waals surface area contributed by atoms with Crippen LogP contribution in [0.5, 0.6) is 0 Å². The quantitative estimate of drug-likeness (QED) is 0.0271. The second kappa shape index (κ2) is 44.1. The summed E-state index contributed by atoms with van der Waals surface area (Å²) in [6, 6.07) is 0. The van der Waals surface area contributed by atoms with E-state index in [0.717, 1.165) is 83.5 Å². The third-order valence-corrected chi connectivity index (χ3v) is 10.1. The number of allylic oxidation sites excluding steroid dienone is 12. The van der Waals surface area contributed by atoms with Crippen LogP contribution in [-0.4, -0.2) is 49.9 Å². The van der Waals surface area contributed by atoms with Crippen molar-refractivity contribution >= 4 is 13.8 Å². The first kappa shape index (κ1) is 53.9. The van der Waals surface area contributed by atoms with Gasteiger partial charge in [0.25, 0.3) is 0 Å². The highest BCUT2D eigenvalue weighted by Gasteiger charge is 2.25. The van der Waals surface area contributed by atoms with Crippen LogP contribution in [0.15, 0.2) is 72.9 Å². The molecule has 0 spiro atoms. The Hall–Kier alpha value is -2.06. The number of hydrogen-bond acceptors (Lipinski definition) is 7. The third kappa shape index (κ3) is 43.1. The van der Waals surface area contributed by atoms with Gasteiger partial charge in [-0.05, 0) is 64.2 Å². The zero-order valence-corrected chi connectivity index (χ0v) is 36.7. The van der Waals surface area contributed by atoms with Crippen molar-refractivity contribution < 1.29 is 32.8 Å². The summed E-state index contributed by atoms with van der Waals surface area (Å²) in [6.07, 6.45) is 54.9. The molecule has 0 saturated heterocycles. The highest BCUT2D eigenvalue weighted by Crippen LogP contribution is 2.43. The monoisotopic (exact) mass is 806 g/mol. The molecule has 2 atom stereocenters. The Morgan fingerprint density at radius 1 is 0.554 bits per heavy atom. The second-order valence-electron chi connectivity index (χ2n) is 14.5. The van der Waals surface area contributed by atoms with E-state index < -0.39 is 13.9 Å². The molecule has 0 rings (SSSR count). The highest BCUT2D eigenvalue weighted by molar-refractivity contribution is 7.47. The molecule has 0 saturated carbocycles. The van der Waals surface area contributed by atoms with Crippen molar-refractivity contribution in [3.05, 3.63) is 72.9 Å². The van der Waals surface area contributed by atoms with E-state index in [-0.39, 0.29) is 32.3 Å². The lowest BCUT2D eigenvalue weighted by molar-refractivity contribution is -0.154. The molecule has 0 fully saturated rings. The van der Waals surface area contributed by atoms with Crippen molar-refractivity contribution in [3.63, 3.8) is 0 Å². The minimum atomic E-state index is -4.29. The first-order valence-electron chi connectivity index (χ1n) is 22.4. The van der Waals surface area contributed by atoms with E-state index in [1.807, 2.05) is 0 Å². The number of phosphoric ester groups is 1. The third-order valence-electron chi connectivity index (χ3n) is 9.14. The van der Waals surface area contributed by atoms with Gasteiger partial charge < -0.3 is 20.1 Å². The standard InChI is InChI=1S/C47H84NO7P/c1-3-5-7-9-11-13-15-17-19-20-21-22-23-24-25-27-29-31-33-35-37-39-42-52-44-46(45-54-56(50,51)53-43-41-48)55-47(49)40-38-36-34-32-30-28-26-18-16-14-12-10-8-6-4-2/h5,7,11,13,17,19,21-22,24-25,29,31,46H,3-4,6,8-10,12,14-16,18,20,23,26-28,30,32-45,48H2,1-2H3,(H,50,51)/b7-5-,13-11-,19-17-,22-21-,25-24-,31-29-. The molecule has 56 heavy (non-hydrogen) atoms. The van der Waals surface area contributed by atoms with Gasteiger partial charge in [0.15, 0.2) is 0 Å². The number of hydrogen-bond donors (Lipinski definition) is 2. The molecule has 0 heterocycles. The van der Waals surface area contributed by atoms with Gasteiger partial charge >= 0.3 is 13.8 Å². The maximum Gasteiger partial charge on any atom is 0.472 e. The molecule has 3 N–H and O–H groups in total. The van der Waals surface area contributed by atoms with Crippen LogP contribution >= 0.6 is 7.82 Å². The van der Waals surface area contributed by atoms with E-state index in [0.29, 0.717) is 13.0 Å². The maximum absolute atomic E-state index is 12.6. The van der Waals surface area contributed by atoms with Crippen molar-refractivity contribution in [1.82, 2.24) is 0 Å². The van der Waals surface area contributed by atoms with Gasteiger partial charge in [-0.15, -0.1) is 0 Å². The molecule has 0 aromatic rings. The number of carbonyl (C=O) groups excluding carboxylic acids is 1. The van der Waals surface area contributed by atoms with E-state index in [9.17, 15) is 14.3 Å². The summed E-state index contributed by atoms with van der Waals surface area (Å²) >= 11 is 0. The van der Waals surface area contributed by atoms with Crippen LogP contribution in [0, 0.1) is 0 Å². The van der Waals surface area contributed by atoms with E-state index >= 15 is 0 Å². The zero-order chi connectivity index (χ0) is 40.9. The summed E-state index contributed by atoms with van der Waals surface area (Å²) < 4.78 is 33.4. The Morgan fingerprint density at radius 2 is 1.00 bits per heavy atom.